The van der Waals surface area contributed by atoms with Gasteiger partial charge in [-0.2, -0.15) is 0 Å². The minimum absolute atomic E-state index is 0.163. The molecule has 2 amide bonds. The quantitative estimate of drug-likeness (QED) is 0.254. The van der Waals surface area contributed by atoms with Crippen LogP contribution in [0.2, 0.25) is 0 Å². The number of ether oxygens (including phenoxy) is 1. The Hall–Kier alpha value is -3.50. The fraction of sp³-hybridized carbons (Fsp3) is 0.214. The number of methoxy groups -OCH3 is 1. The van der Waals surface area contributed by atoms with E-state index in [0.717, 1.165) is 10.9 Å². The topological polar surface area (TPSA) is 46.6 Å². The summed E-state index contributed by atoms with van der Waals surface area (Å²) in [5, 5.41) is 7.14. The minimum atomic E-state index is -1.19. The summed E-state index contributed by atoms with van der Waals surface area (Å²) in [7, 11) is 3.11. The first-order chi connectivity index (χ1) is 15.6. The second-order valence-electron chi connectivity index (χ2n) is 8.79. The molecule has 32 heavy (non-hydrogen) atoms. The maximum atomic E-state index is 13.3. The van der Waals surface area contributed by atoms with E-state index in [9.17, 15) is 9.59 Å². The molecule has 0 spiro atoms. The molecule has 0 saturated carbocycles. The number of carbonyl (C=O) groups is 2. The monoisotopic (exact) mass is 421 g/mol. The SMILES string of the molecule is CO[C@@]12C(=O)N(C)C(=O)[C@@H]1CC=C[C@@H]2c1ccc2c3ccccc3c3ccccc3c2c1. The molecule has 4 heteroatoms. The Morgan fingerprint density at radius 3 is 2.00 bits per heavy atom. The molecule has 0 bridgehead atoms. The van der Waals surface area contributed by atoms with Crippen molar-refractivity contribution < 1.29 is 14.3 Å². The molecule has 4 aromatic rings. The number of amides is 2. The molecule has 4 aromatic carbocycles. The lowest BCUT2D eigenvalue weighted by atomic mass is 9.70. The van der Waals surface area contributed by atoms with Gasteiger partial charge in [-0.1, -0.05) is 72.8 Å². The summed E-state index contributed by atoms with van der Waals surface area (Å²) >= 11 is 0. The van der Waals surface area contributed by atoms with Crippen LogP contribution in [0.5, 0.6) is 0 Å². The number of fused-ring (bicyclic) bond motifs is 7. The molecule has 0 unspecified atom stereocenters. The second-order valence-corrected chi connectivity index (χ2v) is 8.79. The lowest BCUT2D eigenvalue weighted by Gasteiger charge is -2.38. The standard InChI is InChI=1S/C28H23NO3/c1-29-26(30)25-13-7-12-24(28(25,32-2)27(29)31)17-14-15-22-20-10-4-3-8-18(20)19-9-5-6-11-21(19)23(22)16-17/h3-12,14-16,24-25H,13H2,1-2H3/t24-,25+,28-/m1/s1. The van der Waals surface area contributed by atoms with Crippen molar-refractivity contribution >= 4 is 44.1 Å². The molecule has 6 rings (SSSR count). The van der Waals surface area contributed by atoms with E-state index < -0.39 is 11.5 Å². The maximum Gasteiger partial charge on any atom is 0.262 e. The van der Waals surface area contributed by atoms with Gasteiger partial charge in [-0.05, 0) is 50.4 Å². The largest absolute Gasteiger partial charge is 0.367 e. The summed E-state index contributed by atoms with van der Waals surface area (Å²) in [5.41, 5.74) is -0.210. The third kappa shape index (κ3) is 2.30. The molecule has 1 heterocycles. The summed E-state index contributed by atoms with van der Waals surface area (Å²) in [6, 6.07) is 23.3. The van der Waals surface area contributed by atoms with E-state index in [2.05, 4.69) is 66.7 Å². The molecule has 1 fully saturated rings. The van der Waals surface area contributed by atoms with Crippen LogP contribution in [0.15, 0.2) is 78.9 Å². The zero-order valence-electron chi connectivity index (χ0n) is 18.0. The Bertz CT molecular complexity index is 1430. The molecule has 0 radical (unpaired) electrons. The predicted octanol–water partition coefficient (Wildman–Crippen LogP) is 5.19. The van der Waals surface area contributed by atoms with E-state index in [1.165, 1.54) is 31.8 Å². The number of carbonyl (C=O) groups excluding carboxylic acids is 2. The second kappa shape index (κ2) is 6.75. The predicted molar refractivity (Wildman–Crippen MR) is 126 cm³/mol. The first-order valence-electron chi connectivity index (χ1n) is 10.9. The maximum absolute atomic E-state index is 13.3. The van der Waals surface area contributed by atoms with Crippen LogP contribution in [0.1, 0.15) is 17.9 Å². The molecule has 2 aliphatic rings. The van der Waals surface area contributed by atoms with Gasteiger partial charge in [0.1, 0.15) is 0 Å². The normalized spacial score (nSPS) is 25.2. The highest BCUT2D eigenvalue weighted by atomic mass is 16.5. The minimum Gasteiger partial charge on any atom is -0.367 e. The summed E-state index contributed by atoms with van der Waals surface area (Å²) in [6.07, 6.45) is 4.56. The lowest BCUT2D eigenvalue weighted by molar-refractivity contribution is -0.150. The van der Waals surface area contributed by atoms with Gasteiger partial charge in [-0.15, -0.1) is 0 Å². The molecule has 1 saturated heterocycles. The van der Waals surface area contributed by atoms with Crippen LogP contribution < -0.4 is 0 Å². The number of likely N-dealkylation sites (tertiary alicyclic amines) is 1. The number of benzene rings is 4. The number of likely N-dealkylation sites (N-methyl/N-ethyl adjacent to an activating group) is 1. The van der Waals surface area contributed by atoms with Gasteiger partial charge in [0.25, 0.3) is 5.91 Å². The molecule has 1 aliphatic carbocycles. The Balaban J connectivity index is 1.64. The van der Waals surface area contributed by atoms with Gasteiger partial charge in [-0.3, -0.25) is 14.5 Å². The molecular formula is C28H23NO3. The summed E-state index contributed by atoms with van der Waals surface area (Å²) in [5.74, 6) is -1.25. The van der Waals surface area contributed by atoms with Crippen molar-refractivity contribution in [3.8, 4) is 0 Å². The van der Waals surface area contributed by atoms with Gasteiger partial charge in [0.15, 0.2) is 5.60 Å². The van der Waals surface area contributed by atoms with Crippen LogP contribution in [0.25, 0.3) is 32.3 Å². The zero-order chi connectivity index (χ0) is 22.0. The van der Waals surface area contributed by atoms with Crippen LogP contribution in [-0.4, -0.2) is 36.5 Å². The van der Waals surface area contributed by atoms with Gasteiger partial charge in [0.2, 0.25) is 5.91 Å². The molecule has 0 aromatic heterocycles. The highest BCUT2D eigenvalue weighted by Crippen LogP contribution is 2.49. The first kappa shape index (κ1) is 19.2. The Morgan fingerprint density at radius 1 is 0.844 bits per heavy atom. The fourth-order valence-corrected chi connectivity index (χ4v) is 5.88. The van der Waals surface area contributed by atoms with E-state index >= 15 is 0 Å². The number of allylic oxidation sites excluding steroid dienone is 1. The van der Waals surface area contributed by atoms with E-state index in [0.29, 0.717) is 6.42 Å². The number of nitrogens with zero attached hydrogens (tertiary/aromatic N) is 1. The molecule has 0 N–H and O–H groups in total. The van der Waals surface area contributed by atoms with E-state index in [-0.39, 0.29) is 17.7 Å². The van der Waals surface area contributed by atoms with Gasteiger partial charge in [-0.25, -0.2) is 0 Å². The van der Waals surface area contributed by atoms with Crippen molar-refractivity contribution in [2.24, 2.45) is 5.92 Å². The van der Waals surface area contributed by atoms with E-state index in [4.69, 9.17) is 4.74 Å². The van der Waals surface area contributed by atoms with Crippen molar-refractivity contribution in [3.63, 3.8) is 0 Å². The summed E-state index contributed by atoms with van der Waals surface area (Å²) < 4.78 is 5.93. The van der Waals surface area contributed by atoms with Gasteiger partial charge in [0, 0.05) is 20.1 Å². The highest BCUT2D eigenvalue weighted by Gasteiger charge is 2.63. The molecule has 4 nitrogen and oxygen atoms in total. The van der Waals surface area contributed by atoms with Crippen molar-refractivity contribution in [1.82, 2.24) is 4.90 Å². The van der Waals surface area contributed by atoms with Crippen molar-refractivity contribution in [2.75, 3.05) is 14.2 Å². The average molecular weight is 421 g/mol. The zero-order valence-corrected chi connectivity index (χ0v) is 18.0. The molecule has 3 atom stereocenters. The van der Waals surface area contributed by atoms with Crippen molar-refractivity contribution in [1.29, 1.82) is 0 Å². The van der Waals surface area contributed by atoms with Crippen LogP contribution in [0.4, 0.5) is 0 Å². The number of imide groups is 1. The molecule has 158 valence electrons. The van der Waals surface area contributed by atoms with Crippen LogP contribution in [0.3, 0.4) is 0 Å². The Morgan fingerprint density at radius 2 is 1.41 bits per heavy atom. The summed E-state index contributed by atoms with van der Waals surface area (Å²) in [6.45, 7) is 0. The average Bonchev–Trinajstić information content (AvgIpc) is 3.05. The molecular weight excluding hydrogens is 398 g/mol. The van der Waals surface area contributed by atoms with Crippen molar-refractivity contribution in [2.45, 2.75) is 17.9 Å². The third-order valence-corrected chi connectivity index (χ3v) is 7.41. The van der Waals surface area contributed by atoms with Gasteiger partial charge < -0.3 is 4.74 Å². The van der Waals surface area contributed by atoms with Gasteiger partial charge in [0.05, 0.1) is 5.92 Å². The number of hydrogen-bond donors (Lipinski definition) is 0. The third-order valence-electron chi connectivity index (χ3n) is 7.41. The van der Waals surface area contributed by atoms with E-state index in [1.807, 2.05) is 12.2 Å². The van der Waals surface area contributed by atoms with Crippen LogP contribution in [0, 0.1) is 5.92 Å². The van der Waals surface area contributed by atoms with Gasteiger partial charge >= 0.3 is 0 Å². The molecule has 1 aliphatic heterocycles. The first-order valence-corrected chi connectivity index (χ1v) is 10.9. The Kier molecular flexibility index (Phi) is 4.05. The van der Waals surface area contributed by atoms with Crippen molar-refractivity contribution in [3.05, 3.63) is 84.4 Å². The van der Waals surface area contributed by atoms with Crippen LogP contribution in [-0.2, 0) is 14.3 Å². The Labute approximate surface area is 186 Å². The highest BCUT2D eigenvalue weighted by molar-refractivity contribution is 6.25. The number of rotatable bonds is 2. The van der Waals surface area contributed by atoms with E-state index in [1.54, 1.807) is 14.2 Å². The fourth-order valence-electron chi connectivity index (χ4n) is 5.88. The smallest absolute Gasteiger partial charge is 0.262 e. The number of hydrogen-bond acceptors (Lipinski definition) is 3. The lowest BCUT2D eigenvalue weighted by Crippen LogP contribution is -2.50. The van der Waals surface area contributed by atoms with Crippen LogP contribution >= 0.6 is 0 Å². The summed E-state index contributed by atoms with van der Waals surface area (Å²) in [4.78, 5) is 27.3.